The number of amides is 1. The van der Waals surface area contributed by atoms with Gasteiger partial charge in [0.15, 0.2) is 0 Å². The van der Waals surface area contributed by atoms with Crippen molar-refractivity contribution in [2.24, 2.45) is 0 Å². The molecule has 0 aliphatic heterocycles. The highest BCUT2D eigenvalue weighted by Gasteiger charge is 2.27. The number of allylic oxidation sites excluding steroid dienone is 1. The second-order valence-electron chi connectivity index (χ2n) is 18.2. The quantitative estimate of drug-likeness (QED) is 0.0244. The molecule has 0 aliphatic carbocycles. The third-order valence-electron chi connectivity index (χ3n) is 11.3. The molecule has 0 heterocycles. The molecule has 3 N–H and O–H groups in total. The fourth-order valence-corrected chi connectivity index (χ4v) is 8.07. The minimum atomic E-state index is -4.33. The van der Waals surface area contributed by atoms with Gasteiger partial charge in [0.25, 0.3) is 0 Å². The number of quaternary nitrogens is 1. The topological polar surface area (TPSA) is 105 Å². The first-order chi connectivity index (χ1) is 27.5. The molecule has 3 unspecified atom stereocenters. The van der Waals surface area contributed by atoms with Crippen LogP contribution in [0.4, 0.5) is 0 Å². The van der Waals surface area contributed by atoms with Crippen molar-refractivity contribution in [2.75, 3.05) is 40.9 Å². The number of hydrogen-bond donors (Lipinski definition) is 3. The Morgan fingerprint density at radius 3 is 1.30 bits per heavy atom. The molecule has 0 radical (unpaired) electrons. The van der Waals surface area contributed by atoms with Gasteiger partial charge in [0.1, 0.15) is 13.2 Å². The molecule has 0 fully saturated rings. The lowest BCUT2D eigenvalue weighted by molar-refractivity contribution is -0.870. The van der Waals surface area contributed by atoms with Gasteiger partial charge in [-0.25, -0.2) is 4.57 Å². The van der Waals surface area contributed by atoms with E-state index in [-0.39, 0.29) is 19.1 Å². The number of phosphoric ester groups is 1. The Balaban J connectivity index is 4.29. The van der Waals surface area contributed by atoms with Crippen molar-refractivity contribution in [3.8, 4) is 0 Å². The largest absolute Gasteiger partial charge is 0.472 e. The zero-order chi connectivity index (χ0) is 42.1. The van der Waals surface area contributed by atoms with E-state index in [0.29, 0.717) is 17.4 Å². The Kier molecular flexibility index (Phi) is 40.1. The summed E-state index contributed by atoms with van der Waals surface area (Å²) in [6.07, 6.45) is 47.1. The third-order valence-corrected chi connectivity index (χ3v) is 12.2. The standard InChI is InChI=1S/C48H97N2O6P/c1-6-8-10-12-14-16-18-20-22-23-24-25-26-28-30-32-34-36-38-40-42-48(52)49-46(45-56-57(53,54)55-44-43-50(3,4)5)47(51)41-39-37-35-33-31-29-27-21-19-17-15-13-11-9-7-2/h39,41,46-47,51H,6-38,40,42-45H2,1-5H3,(H-,49,52,53,54)/p+1/b41-39+. The number of carbonyl (C=O) groups is 1. The number of phosphoric acid groups is 1. The van der Waals surface area contributed by atoms with Crippen LogP contribution in [-0.2, 0) is 18.4 Å². The molecule has 0 bridgehead atoms. The number of aliphatic hydroxyl groups excluding tert-OH is 1. The second-order valence-corrected chi connectivity index (χ2v) is 19.7. The van der Waals surface area contributed by atoms with Crippen LogP contribution in [-0.4, -0.2) is 73.4 Å². The Morgan fingerprint density at radius 1 is 0.579 bits per heavy atom. The molecule has 0 aromatic carbocycles. The maximum atomic E-state index is 12.9. The van der Waals surface area contributed by atoms with Gasteiger partial charge in [0.2, 0.25) is 5.91 Å². The summed E-state index contributed by atoms with van der Waals surface area (Å²) in [5.41, 5.74) is 0. The van der Waals surface area contributed by atoms with Crippen molar-refractivity contribution >= 4 is 13.7 Å². The highest BCUT2D eigenvalue weighted by atomic mass is 31.2. The number of carbonyl (C=O) groups excluding carboxylic acids is 1. The van der Waals surface area contributed by atoms with Crippen molar-refractivity contribution in [1.82, 2.24) is 5.32 Å². The Labute approximate surface area is 354 Å². The van der Waals surface area contributed by atoms with E-state index in [2.05, 4.69) is 19.2 Å². The van der Waals surface area contributed by atoms with Crippen molar-refractivity contribution in [3.05, 3.63) is 12.2 Å². The first-order valence-electron chi connectivity index (χ1n) is 24.6. The molecular weight excluding hydrogens is 732 g/mol. The van der Waals surface area contributed by atoms with E-state index in [1.807, 2.05) is 27.2 Å². The fourth-order valence-electron chi connectivity index (χ4n) is 7.34. The smallest absolute Gasteiger partial charge is 0.387 e. The van der Waals surface area contributed by atoms with Crippen LogP contribution >= 0.6 is 7.82 Å². The fraction of sp³-hybridized carbons (Fsp3) is 0.938. The molecular formula is C48H98N2O6P+. The molecule has 0 aromatic heterocycles. The van der Waals surface area contributed by atoms with Gasteiger partial charge in [0.05, 0.1) is 39.9 Å². The molecule has 0 saturated heterocycles. The Bertz CT molecular complexity index is 942. The molecule has 0 saturated carbocycles. The molecule has 3 atom stereocenters. The summed E-state index contributed by atoms with van der Waals surface area (Å²) < 4.78 is 23.6. The van der Waals surface area contributed by atoms with Crippen LogP contribution in [0, 0.1) is 0 Å². The van der Waals surface area contributed by atoms with Crippen molar-refractivity contribution in [3.63, 3.8) is 0 Å². The van der Waals surface area contributed by atoms with Gasteiger partial charge in [-0.3, -0.25) is 13.8 Å². The summed E-state index contributed by atoms with van der Waals surface area (Å²) in [6, 6.07) is -0.840. The molecule has 0 aromatic rings. The van der Waals surface area contributed by atoms with E-state index in [4.69, 9.17) is 9.05 Å². The van der Waals surface area contributed by atoms with E-state index in [1.165, 1.54) is 186 Å². The summed E-state index contributed by atoms with van der Waals surface area (Å²) in [4.78, 5) is 23.2. The van der Waals surface area contributed by atoms with Crippen molar-refractivity contribution in [2.45, 2.75) is 251 Å². The van der Waals surface area contributed by atoms with Crippen LogP contribution < -0.4 is 5.32 Å². The SMILES string of the molecule is CCCCCCCCCCCCCCC/C=C/C(O)C(COP(=O)(O)OCC[N+](C)(C)C)NC(=O)CCCCCCCCCCCCCCCCCCCCCC. The molecule has 8 nitrogen and oxygen atoms in total. The summed E-state index contributed by atoms with van der Waals surface area (Å²) in [6.45, 7) is 4.84. The number of likely N-dealkylation sites (N-methyl/N-ethyl adjacent to an activating group) is 1. The molecule has 0 aliphatic rings. The van der Waals surface area contributed by atoms with Crippen molar-refractivity contribution in [1.29, 1.82) is 0 Å². The summed E-state index contributed by atoms with van der Waals surface area (Å²) in [5, 5.41) is 13.9. The van der Waals surface area contributed by atoms with Crippen molar-refractivity contribution < 1.29 is 32.9 Å². The van der Waals surface area contributed by atoms with Gasteiger partial charge < -0.3 is 19.8 Å². The molecule has 9 heteroatoms. The van der Waals surface area contributed by atoms with Gasteiger partial charge in [-0.2, -0.15) is 0 Å². The maximum absolute atomic E-state index is 12.9. The lowest BCUT2D eigenvalue weighted by Crippen LogP contribution is -2.45. The number of nitrogens with one attached hydrogen (secondary N) is 1. The van der Waals surface area contributed by atoms with Crippen LogP contribution in [0.5, 0.6) is 0 Å². The Morgan fingerprint density at radius 2 is 0.930 bits per heavy atom. The van der Waals surface area contributed by atoms with Gasteiger partial charge in [-0.1, -0.05) is 225 Å². The number of aliphatic hydroxyl groups is 1. The number of nitrogens with zero attached hydrogens (tertiary/aromatic N) is 1. The average Bonchev–Trinajstić information content (AvgIpc) is 3.16. The zero-order valence-electron chi connectivity index (χ0n) is 38.6. The first-order valence-corrected chi connectivity index (χ1v) is 26.1. The number of rotatable bonds is 45. The lowest BCUT2D eigenvalue weighted by Gasteiger charge is -2.25. The van der Waals surface area contributed by atoms with E-state index >= 15 is 0 Å². The van der Waals surface area contributed by atoms with Gasteiger partial charge in [-0.15, -0.1) is 0 Å². The summed E-state index contributed by atoms with van der Waals surface area (Å²) >= 11 is 0. The highest BCUT2D eigenvalue weighted by molar-refractivity contribution is 7.47. The summed E-state index contributed by atoms with van der Waals surface area (Å²) in [7, 11) is 1.58. The third kappa shape index (κ3) is 43.1. The van der Waals surface area contributed by atoms with E-state index < -0.39 is 20.0 Å². The van der Waals surface area contributed by atoms with Crippen LogP contribution in [0.1, 0.15) is 239 Å². The van der Waals surface area contributed by atoms with Crippen LogP contribution in [0.15, 0.2) is 12.2 Å². The minimum Gasteiger partial charge on any atom is -0.387 e. The minimum absolute atomic E-state index is 0.0648. The van der Waals surface area contributed by atoms with E-state index in [1.54, 1.807) is 6.08 Å². The molecule has 340 valence electrons. The van der Waals surface area contributed by atoms with Crippen LogP contribution in [0.25, 0.3) is 0 Å². The van der Waals surface area contributed by atoms with E-state index in [9.17, 15) is 19.4 Å². The summed E-state index contributed by atoms with van der Waals surface area (Å²) in [5.74, 6) is -0.173. The molecule has 0 spiro atoms. The number of hydrogen-bond acceptors (Lipinski definition) is 5. The van der Waals surface area contributed by atoms with E-state index in [0.717, 1.165) is 32.1 Å². The normalized spacial score (nSPS) is 14.3. The van der Waals surface area contributed by atoms with Crippen LogP contribution in [0.3, 0.4) is 0 Å². The second kappa shape index (κ2) is 40.6. The van der Waals surface area contributed by atoms with Gasteiger partial charge in [-0.05, 0) is 19.3 Å². The van der Waals surface area contributed by atoms with Gasteiger partial charge >= 0.3 is 7.82 Å². The predicted molar refractivity (Wildman–Crippen MR) is 245 cm³/mol. The average molecular weight is 830 g/mol. The lowest BCUT2D eigenvalue weighted by atomic mass is 10.0. The van der Waals surface area contributed by atoms with Crippen LogP contribution in [0.2, 0.25) is 0 Å². The highest BCUT2D eigenvalue weighted by Crippen LogP contribution is 2.43. The van der Waals surface area contributed by atoms with Gasteiger partial charge in [0, 0.05) is 6.42 Å². The maximum Gasteiger partial charge on any atom is 0.472 e. The number of unbranched alkanes of at least 4 members (excludes halogenated alkanes) is 32. The predicted octanol–water partition coefficient (Wildman–Crippen LogP) is 13.9. The Hall–Kier alpha value is -0.760. The zero-order valence-corrected chi connectivity index (χ0v) is 39.5. The monoisotopic (exact) mass is 830 g/mol. The molecule has 1 amide bonds. The first kappa shape index (κ1) is 56.2. The molecule has 57 heavy (non-hydrogen) atoms. The molecule has 0 rings (SSSR count).